The van der Waals surface area contributed by atoms with Gasteiger partial charge in [-0.3, -0.25) is 4.79 Å². The third-order valence-corrected chi connectivity index (χ3v) is 5.59. The fourth-order valence-corrected chi connectivity index (χ4v) is 3.59. The lowest BCUT2D eigenvalue weighted by Crippen LogP contribution is -2.15. The van der Waals surface area contributed by atoms with Crippen molar-refractivity contribution < 1.29 is 29.2 Å². The van der Waals surface area contributed by atoms with Gasteiger partial charge in [0, 0.05) is 5.56 Å². The molecule has 0 aliphatic carbocycles. The molecule has 0 saturated heterocycles. The molecule has 0 saturated carbocycles. The van der Waals surface area contributed by atoms with E-state index in [2.05, 4.69) is 5.10 Å². The highest BCUT2D eigenvalue weighted by atomic mass is 16.5. The van der Waals surface area contributed by atoms with E-state index >= 15 is 0 Å². The number of carbonyl (C=O) groups excluding carboxylic acids is 1. The molecule has 3 aromatic carbocycles. The van der Waals surface area contributed by atoms with Crippen molar-refractivity contribution in [1.82, 2.24) is 9.78 Å². The van der Waals surface area contributed by atoms with Crippen LogP contribution in [0.1, 0.15) is 32.9 Å². The van der Waals surface area contributed by atoms with Crippen LogP contribution in [0, 0.1) is 0 Å². The van der Waals surface area contributed by atoms with Crippen LogP contribution >= 0.6 is 0 Å². The second kappa shape index (κ2) is 11.2. The number of carbonyl (C=O) groups is 1. The van der Waals surface area contributed by atoms with Gasteiger partial charge in [0.05, 0.1) is 32.7 Å². The minimum Gasteiger partial charge on any atom is -0.504 e. The lowest BCUT2D eigenvalue weighted by Gasteiger charge is -2.06. The minimum absolute atomic E-state index is 0.0395. The molecule has 0 atom stereocenters. The maximum absolute atomic E-state index is 13.3. The van der Waals surface area contributed by atoms with Gasteiger partial charge in [0.1, 0.15) is 5.75 Å². The largest absolute Gasteiger partial charge is 0.504 e. The van der Waals surface area contributed by atoms with E-state index in [4.69, 9.17) is 14.2 Å². The summed E-state index contributed by atoms with van der Waals surface area (Å²) in [6, 6.07) is 18.5. The van der Waals surface area contributed by atoms with Gasteiger partial charge < -0.3 is 24.4 Å². The highest BCUT2D eigenvalue weighted by Crippen LogP contribution is 2.28. The molecule has 0 aliphatic rings. The predicted molar refractivity (Wildman–Crippen MR) is 142 cm³/mol. The van der Waals surface area contributed by atoms with Crippen molar-refractivity contribution in [2.24, 2.45) is 0 Å². The molecule has 1 heterocycles. The van der Waals surface area contributed by atoms with Gasteiger partial charge in [-0.25, -0.2) is 0 Å². The van der Waals surface area contributed by atoms with E-state index in [0.29, 0.717) is 34.2 Å². The SMILES string of the molecule is COc1ccc(C(=O)n2nc(/C=C/c3ccc(O)c(OC)c3)cc2/C=C/c2ccc(O)c(OC)c2)cc1. The Morgan fingerprint density at radius 3 is 1.84 bits per heavy atom. The van der Waals surface area contributed by atoms with Crippen molar-refractivity contribution >= 4 is 30.2 Å². The zero-order valence-corrected chi connectivity index (χ0v) is 20.6. The summed E-state index contributed by atoms with van der Waals surface area (Å²) in [6.07, 6.45) is 7.14. The first-order valence-electron chi connectivity index (χ1n) is 11.3. The van der Waals surface area contributed by atoms with Crippen LogP contribution in [0.5, 0.6) is 28.7 Å². The zero-order valence-electron chi connectivity index (χ0n) is 20.6. The van der Waals surface area contributed by atoms with Crippen LogP contribution in [0.2, 0.25) is 0 Å². The van der Waals surface area contributed by atoms with E-state index in [1.807, 2.05) is 6.08 Å². The van der Waals surface area contributed by atoms with Crippen molar-refractivity contribution in [2.45, 2.75) is 0 Å². The monoisotopic (exact) mass is 498 g/mol. The van der Waals surface area contributed by atoms with Crippen LogP contribution in [-0.4, -0.2) is 47.2 Å². The molecular formula is C29H26N2O6. The van der Waals surface area contributed by atoms with Gasteiger partial charge in [-0.15, -0.1) is 0 Å². The maximum Gasteiger partial charge on any atom is 0.278 e. The average Bonchev–Trinajstić information content (AvgIpc) is 3.34. The van der Waals surface area contributed by atoms with E-state index < -0.39 is 0 Å². The van der Waals surface area contributed by atoms with Crippen LogP contribution in [0.3, 0.4) is 0 Å². The van der Waals surface area contributed by atoms with Gasteiger partial charge in [0.25, 0.3) is 5.91 Å². The molecular weight excluding hydrogens is 472 g/mol. The van der Waals surface area contributed by atoms with Gasteiger partial charge in [-0.1, -0.05) is 24.3 Å². The standard InChI is InChI=1S/C29H26N2O6/c1-35-24-12-8-21(9-13-24)29(34)31-23(11-5-20-7-15-26(33)28(17-20)37-3)18-22(30-31)10-4-19-6-14-25(32)27(16-19)36-2/h4-18,32-33H,1-3H3/b10-4+,11-5+. The number of rotatable bonds is 8. The van der Waals surface area contributed by atoms with Gasteiger partial charge >= 0.3 is 0 Å². The Bertz CT molecular complexity index is 1470. The van der Waals surface area contributed by atoms with Gasteiger partial charge in [0.15, 0.2) is 23.0 Å². The molecule has 2 N–H and O–H groups in total. The van der Waals surface area contributed by atoms with E-state index in [-0.39, 0.29) is 17.4 Å². The molecule has 0 spiro atoms. The number of phenols is 2. The number of benzene rings is 3. The minimum atomic E-state index is -0.309. The smallest absolute Gasteiger partial charge is 0.278 e. The first-order valence-corrected chi connectivity index (χ1v) is 11.3. The number of aromatic nitrogens is 2. The lowest BCUT2D eigenvalue weighted by molar-refractivity contribution is 0.0944. The van der Waals surface area contributed by atoms with Crippen LogP contribution in [-0.2, 0) is 0 Å². The number of hydrogen-bond acceptors (Lipinski definition) is 7. The number of ether oxygens (including phenoxy) is 3. The van der Waals surface area contributed by atoms with Crippen molar-refractivity contribution in [2.75, 3.05) is 21.3 Å². The molecule has 8 nitrogen and oxygen atoms in total. The second-order valence-corrected chi connectivity index (χ2v) is 7.97. The summed E-state index contributed by atoms with van der Waals surface area (Å²) >= 11 is 0. The second-order valence-electron chi connectivity index (χ2n) is 7.97. The number of phenolic OH excluding ortho intramolecular Hbond substituents is 2. The molecule has 4 rings (SSSR count). The summed E-state index contributed by atoms with van der Waals surface area (Å²) in [7, 11) is 4.53. The molecule has 0 unspecified atom stereocenters. The van der Waals surface area contributed by atoms with Crippen LogP contribution in [0.4, 0.5) is 0 Å². The fourth-order valence-electron chi connectivity index (χ4n) is 3.59. The molecule has 1 aromatic heterocycles. The van der Waals surface area contributed by atoms with E-state index in [1.54, 1.807) is 92.1 Å². The average molecular weight is 499 g/mol. The number of hydrogen-bond donors (Lipinski definition) is 2. The Morgan fingerprint density at radius 2 is 1.30 bits per heavy atom. The summed E-state index contributed by atoms with van der Waals surface area (Å²) in [5.41, 5.74) is 3.11. The van der Waals surface area contributed by atoms with Crippen molar-refractivity contribution in [1.29, 1.82) is 0 Å². The number of methoxy groups -OCH3 is 3. The first-order chi connectivity index (χ1) is 17.9. The summed E-state index contributed by atoms with van der Waals surface area (Å²) in [5.74, 6) is 1.13. The summed E-state index contributed by atoms with van der Waals surface area (Å²) in [6.45, 7) is 0. The maximum atomic E-state index is 13.3. The third kappa shape index (κ3) is 5.82. The lowest BCUT2D eigenvalue weighted by atomic mass is 10.1. The van der Waals surface area contributed by atoms with Gasteiger partial charge in [-0.05, 0) is 77.9 Å². The molecule has 37 heavy (non-hydrogen) atoms. The fraction of sp³-hybridized carbons (Fsp3) is 0.103. The molecule has 0 aliphatic heterocycles. The Labute approximate surface area is 214 Å². The normalized spacial score (nSPS) is 11.2. The zero-order chi connectivity index (χ0) is 26.4. The topological polar surface area (TPSA) is 103 Å². The number of aromatic hydroxyl groups is 2. The molecule has 0 amide bonds. The van der Waals surface area contributed by atoms with E-state index in [1.165, 1.54) is 18.9 Å². The van der Waals surface area contributed by atoms with Crippen LogP contribution < -0.4 is 14.2 Å². The molecule has 4 aromatic rings. The quantitative estimate of drug-likeness (QED) is 0.338. The van der Waals surface area contributed by atoms with Crippen LogP contribution in [0.25, 0.3) is 24.3 Å². The van der Waals surface area contributed by atoms with Crippen molar-refractivity contribution in [3.05, 3.63) is 94.8 Å². The van der Waals surface area contributed by atoms with E-state index in [0.717, 1.165) is 11.1 Å². The molecule has 0 radical (unpaired) electrons. The Kier molecular flexibility index (Phi) is 7.59. The molecule has 188 valence electrons. The molecule has 0 bridgehead atoms. The Morgan fingerprint density at radius 1 is 0.730 bits per heavy atom. The first kappa shape index (κ1) is 25.1. The Hall–Kier alpha value is -4.98. The third-order valence-electron chi connectivity index (χ3n) is 5.59. The van der Waals surface area contributed by atoms with E-state index in [9.17, 15) is 15.0 Å². The van der Waals surface area contributed by atoms with Gasteiger partial charge in [0.2, 0.25) is 0 Å². The highest BCUT2D eigenvalue weighted by molar-refractivity contribution is 5.97. The molecule has 0 fully saturated rings. The summed E-state index contributed by atoms with van der Waals surface area (Å²) in [4.78, 5) is 13.3. The van der Waals surface area contributed by atoms with Crippen LogP contribution in [0.15, 0.2) is 66.7 Å². The summed E-state index contributed by atoms with van der Waals surface area (Å²) < 4.78 is 16.9. The number of nitrogens with zero attached hydrogens (tertiary/aromatic N) is 2. The highest BCUT2D eigenvalue weighted by Gasteiger charge is 2.15. The summed E-state index contributed by atoms with van der Waals surface area (Å²) in [5, 5.41) is 24.2. The molecule has 8 heteroatoms. The van der Waals surface area contributed by atoms with Crippen molar-refractivity contribution in [3.8, 4) is 28.7 Å². The van der Waals surface area contributed by atoms with Gasteiger partial charge in [-0.2, -0.15) is 9.78 Å². The predicted octanol–water partition coefficient (Wildman–Crippen LogP) is 5.35. The van der Waals surface area contributed by atoms with Crippen molar-refractivity contribution in [3.63, 3.8) is 0 Å². The Balaban J connectivity index is 1.70.